The Bertz CT molecular complexity index is 1060. The molecular formula is C21H24N4O3. The zero-order valence-electron chi connectivity index (χ0n) is 16.1. The molecule has 7 heteroatoms. The Morgan fingerprint density at radius 1 is 1.29 bits per heavy atom. The number of benzene rings is 1. The summed E-state index contributed by atoms with van der Waals surface area (Å²) in [6.07, 6.45) is 4.19. The van der Waals surface area contributed by atoms with Gasteiger partial charge in [-0.15, -0.1) is 0 Å². The molecule has 2 aromatic heterocycles. The van der Waals surface area contributed by atoms with E-state index >= 15 is 0 Å². The molecule has 0 saturated heterocycles. The van der Waals surface area contributed by atoms with E-state index in [0.717, 1.165) is 36.1 Å². The molecular weight excluding hydrogens is 356 g/mol. The van der Waals surface area contributed by atoms with Crippen LogP contribution in [0.1, 0.15) is 24.8 Å². The normalized spacial score (nSPS) is 15.4. The van der Waals surface area contributed by atoms with Crippen molar-refractivity contribution < 1.29 is 9.84 Å². The van der Waals surface area contributed by atoms with Gasteiger partial charge in [0.25, 0.3) is 5.56 Å². The number of fused-ring (bicyclic) bond motifs is 1. The predicted octanol–water partition coefficient (Wildman–Crippen LogP) is 2.43. The molecule has 2 heterocycles. The Balaban J connectivity index is 1.76. The molecule has 4 rings (SSSR count). The molecule has 1 aromatic carbocycles. The lowest BCUT2D eigenvalue weighted by Gasteiger charge is -2.37. The molecule has 146 valence electrons. The third kappa shape index (κ3) is 3.27. The summed E-state index contributed by atoms with van der Waals surface area (Å²) < 4.78 is 6.54. The summed E-state index contributed by atoms with van der Waals surface area (Å²) in [4.78, 5) is 21.7. The van der Waals surface area contributed by atoms with Crippen LogP contribution >= 0.6 is 0 Å². The predicted molar refractivity (Wildman–Crippen MR) is 108 cm³/mol. The first kappa shape index (κ1) is 18.6. The fourth-order valence-electron chi connectivity index (χ4n) is 3.52. The summed E-state index contributed by atoms with van der Waals surface area (Å²) in [5.74, 6) is 0.500. The van der Waals surface area contributed by atoms with Crippen molar-refractivity contribution in [3.05, 3.63) is 52.6 Å². The summed E-state index contributed by atoms with van der Waals surface area (Å²) in [5, 5.41) is 14.2. The van der Waals surface area contributed by atoms with Crippen molar-refractivity contribution in [1.29, 1.82) is 0 Å². The van der Waals surface area contributed by atoms with E-state index in [4.69, 9.17) is 4.74 Å². The van der Waals surface area contributed by atoms with Crippen molar-refractivity contribution in [2.45, 2.75) is 24.9 Å². The average molecular weight is 380 g/mol. The largest absolute Gasteiger partial charge is 0.385 e. The lowest BCUT2D eigenvalue weighted by Crippen LogP contribution is -2.33. The van der Waals surface area contributed by atoms with Crippen LogP contribution in [-0.4, -0.2) is 39.9 Å². The van der Waals surface area contributed by atoms with Crippen LogP contribution in [0, 0.1) is 0 Å². The van der Waals surface area contributed by atoms with Gasteiger partial charge in [-0.3, -0.25) is 4.79 Å². The van der Waals surface area contributed by atoms with E-state index in [1.807, 2.05) is 30.3 Å². The van der Waals surface area contributed by atoms with Crippen LogP contribution in [0.15, 0.2) is 41.5 Å². The zero-order chi connectivity index (χ0) is 19.7. The number of pyridine rings is 1. The quantitative estimate of drug-likeness (QED) is 0.639. The van der Waals surface area contributed by atoms with Gasteiger partial charge in [0.1, 0.15) is 11.2 Å². The third-order valence-electron chi connectivity index (χ3n) is 5.40. The van der Waals surface area contributed by atoms with Gasteiger partial charge in [0, 0.05) is 26.3 Å². The Morgan fingerprint density at radius 2 is 2.04 bits per heavy atom. The van der Waals surface area contributed by atoms with Crippen LogP contribution in [0.3, 0.4) is 0 Å². The van der Waals surface area contributed by atoms with Gasteiger partial charge in [0.05, 0.1) is 29.7 Å². The molecule has 0 atom stereocenters. The number of methoxy groups -OCH3 is 1. The molecule has 1 aliphatic rings. The number of hydrogen-bond donors (Lipinski definition) is 2. The number of nitrogens with zero attached hydrogens (tertiary/aromatic N) is 3. The first-order valence-electron chi connectivity index (χ1n) is 9.44. The molecule has 0 aliphatic heterocycles. The lowest BCUT2D eigenvalue weighted by atomic mass is 9.75. The molecule has 0 amide bonds. The van der Waals surface area contributed by atoms with Gasteiger partial charge in [-0.25, -0.2) is 9.97 Å². The Morgan fingerprint density at radius 3 is 2.68 bits per heavy atom. The van der Waals surface area contributed by atoms with Crippen molar-refractivity contribution in [3.63, 3.8) is 0 Å². The van der Waals surface area contributed by atoms with E-state index in [1.54, 1.807) is 14.2 Å². The van der Waals surface area contributed by atoms with Crippen LogP contribution in [0.2, 0.25) is 0 Å². The highest BCUT2D eigenvalue weighted by Gasteiger charge is 2.35. The van der Waals surface area contributed by atoms with E-state index in [1.165, 1.54) is 10.9 Å². The van der Waals surface area contributed by atoms with Crippen molar-refractivity contribution in [1.82, 2.24) is 14.5 Å². The summed E-state index contributed by atoms with van der Waals surface area (Å²) in [6.45, 7) is 1.04. The summed E-state index contributed by atoms with van der Waals surface area (Å²) in [5.41, 5.74) is 2.33. The summed E-state index contributed by atoms with van der Waals surface area (Å²) in [7, 11) is 3.30. The molecule has 3 aromatic rings. The van der Waals surface area contributed by atoms with E-state index in [9.17, 15) is 9.90 Å². The van der Waals surface area contributed by atoms with Crippen LogP contribution in [0.4, 0.5) is 5.82 Å². The minimum Gasteiger partial charge on any atom is -0.385 e. The van der Waals surface area contributed by atoms with Crippen LogP contribution < -0.4 is 10.9 Å². The Hall–Kier alpha value is -2.77. The first-order valence-corrected chi connectivity index (χ1v) is 9.44. The second kappa shape index (κ2) is 7.33. The van der Waals surface area contributed by atoms with Gasteiger partial charge in [-0.2, -0.15) is 0 Å². The summed E-state index contributed by atoms with van der Waals surface area (Å²) in [6, 6.07) is 9.65. The van der Waals surface area contributed by atoms with Crippen LogP contribution in [0.5, 0.6) is 0 Å². The van der Waals surface area contributed by atoms with E-state index < -0.39 is 5.60 Å². The third-order valence-corrected chi connectivity index (χ3v) is 5.40. The molecule has 28 heavy (non-hydrogen) atoms. The first-order chi connectivity index (χ1) is 13.5. The molecule has 1 saturated carbocycles. The monoisotopic (exact) mass is 380 g/mol. The number of aliphatic hydroxyl groups is 1. The lowest BCUT2D eigenvalue weighted by molar-refractivity contribution is -0.0387. The van der Waals surface area contributed by atoms with Crippen molar-refractivity contribution in [2.75, 3.05) is 25.6 Å². The number of aromatic nitrogens is 3. The van der Waals surface area contributed by atoms with Gasteiger partial charge >= 0.3 is 0 Å². The maximum absolute atomic E-state index is 12.6. The van der Waals surface area contributed by atoms with Crippen molar-refractivity contribution >= 4 is 16.7 Å². The standard InChI is InChI=1S/C21H24N4O3/c1-25-13-23-17-12-16(24-19(18(17)20(25)26)22-10-11-28-2)14-4-6-15(7-5-14)21(27)8-3-9-21/h4-7,12-13,27H,3,8-11H2,1-2H3,(H,22,24). The van der Waals surface area contributed by atoms with Gasteiger partial charge < -0.3 is 19.7 Å². The van der Waals surface area contributed by atoms with Gasteiger partial charge in [-0.05, 0) is 30.9 Å². The van der Waals surface area contributed by atoms with E-state index in [-0.39, 0.29) is 5.56 Å². The number of aryl methyl sites for hydroxylation is 1. The van der Waals surface area contributed by atoms with E-state index in [0.29, 0.717) is 29.9 Å². The molecule has 0 unspecified atom stereocenters. The second-order valence-electron chi connectivity index (χ2n) is 7.29. The Kier molecular flexibility index (Phi) is 4.87. The molecule has 0 spiro atoms. The topological polar surface area (TPSA) is 89.3 Å². The number of nitrogens with one attached hydrogen (secondary N) is 1. The molecule has 0 radical (unpaired) electrons. The smallest absolute Gasteiger partial charge is 0.264 e. The molecule has 0 bridgehead atoms. The number of ether oxygens (including phenoxy) is 1. The molecule has 7 nitrogen and oxygen atoms in total. The minimum atomic E-state index is -0.685. The highest BCUT2D eigenvalue weighted by Crippen LogP contribution is 2.41. The van der Waals surface area contributed by atoms with Gasteiger partial charge in [-0.1, -0.05) is 24.3 Å². The number of rotatable bonds is 6. The fraction of sp³-hybridized carbons (Fsp3) is 0.381. The number of hydrogen-bond acceptors (Lipinski definition) is 6. The average Bonchev–Trinajstić information content (AvgIpc) is 2.69. The number of anilines is 1. The maximum Gasteiger partial charge on any atom is 0.264 e. The van der Waals surface area contributed by atoms with Crippen molar-refractivity contribution in [2.24, 2.45) is 7.05 Å². The summed E-state index contributed by atoms with van der Waals surface area (Å²) >= 11 is 0. The van der Waals surface area contributed by atoms with E-state index in [2.05, 4.69) is 15.3 Å². The molecule has 1 aliphatic carbocycles. The maximum atomic E-state index is 12.6. The van der Waals surface area contributed by atoms with Gasteiger partial charge in [0.2, 0.25) is 0 Å². The zero-order valence-corrected chi connectivity index (χ0v) is 16.1. The van der Waals surface area contributed by atoms with Crippen molar-refractivity contribution in [3.8, 4) is 11.3 Å². The highest BCUT2D eigenvalue weighted by molar-refractivity contribution is 5.91. The van der Waals surface area contributed by atoms with Gasteiger partial charge in [0.15, 0.2) is 0 Å². The SMILES string of the molecule is COCCNc1nc(-c2ccc(C3(O)CCC3)cc2)cc2ncn(C)c(=O)c12. The van der Waals surface area contributed by atoms with Crippen LogP contribution in [-0.2, 0) is 17.4 Å². The minimum absolute atomic E-state index is 0.147. The second-order valence-corrected chi connectivity index (χ2v) is 7.29. The van der Waals surface area contributed by atoms with Crippen LogP contribution in [0.25, 0.3) is 22.2 Å². The fourth-order valence-corrected chi connectivity index (χ4v) is 3.52. The molecule has 1 fully saturated rings. The molecule has 2 N–H and O–H groups in total. The Labute approximate surface area is 163 Å². The highest BCUT2D eigenvalue weighted by atomic mass is 16.5.